The second-order valence-electron chi connectivity index (χ2n) is 7.46. The number of amides is 1. The first kappa shape index (κ1) is 19.5. The molecular weight excluding hydrogens is 342 g/mol. The number of aliphatic hydroxyl groups excluding tert-OH is 1. The van der Waals surface area contributed by atoms with Crippen molar-refractivity contribution in [2.45, 2.75) is 58.3 Å². The number of rotatable bonds is 6. The third kappa shape index (κ3) is 4.73. The van der Waals surface area contributed by atoms with Crippen LogP contribution in [-0.4, -0.2) is 55.9 Å². The number of aryl methyl sites for hydroxylation is 1. The number of hydrogen-bond donors (Lipinski definition) is 2. The first-order valence-corrected chi connectivity index (χ1v) is 9.65. The van der Waals surface area contributed by atoms with Crippen LogP contribution in [0.4, 0.5) is 0 Å². The van der Waals surface area contributed by atoms with Gasteiger partial charge in [-0.3, -0.25) is 19.4 Å². The number of β-amino-alcohol motifs (C(OH)–C–C–N with tert-alkyl or cyclic N) is 1. The van der Waals surface area contributed by atoms with Crippen molar-refractivity contribution in [3.8, 4) is 0 Å². The predicted octanol–water partition coefficient (Wildman–Crippen LogP) is 1.79. The smallest absolute Gasteiger partial charge is 0.269 e. The zero-order chi connectivity index (χ0) is 19.4. The fourth-order valence-corrected chi connectivity index (χ4v) is 3.44. The minimum Gasteiger partial charge on any atom is -0.390 e. The van der Waals surface area contributed by atoms with Gasteiger partial charge in [-0.2, -0.15) is 5.10 Å². The molecule has 146 valence electrons. The summed E-state index contributed by atoms with van der Waals surface area (Å²) in [6.07, 6.45) is 3.72. The lowest BCUT2D eigenvalue weighted by molar-refractivity contribution is 0.0347. The second-order valence-corrected chi connectivity index (χ2v) is 7.46. The first-order chi connectivity index (χ1) is 13.0. The van der Waals surface area contributed by atoms with Gasteiger partial charge in [-0.05, 0) is 37.0 Å². The number of carbonyl (C=O) groups is 1. The summed E-state index contributed by atoms with van der Waals surface area (Å²) in [5.41, 5.74) is 2.60. The number of aliphatic hydroxyl groups is 1. The molecule has 0 bridgehead atoms. The van der Waals surface area contributed by atoms with Crippen molar-refractivity contribution >= 4 is 5.91 Å². The molecule has 1 aliphatic rings. The monoisotopic (exact) mass is 371 g/mol. The SMILES string of the molecule is CCn1nc(C(C)C)cc1C(=O)N[C@@H]1CCN(Cc2cccnc2)C[C@H]1O. The van der Waals surface area contributed by atoms with Crippen molar-refractivity contribution in [1.29, 1.82) is 0 Å². The molecule has 0 unspecified atom stereocenters. The molecule has 1 amide bonds. The van der Waals surface area contributed by atoms with Gasteiger partial charge in [0, 0.05) is 38.6 Å². The Kier molecular flexibility index (Phi) is 6.23. The van der Waals surface area contributed by atoms with Crippen molar-refractivity contribution < 1.29 is 9.90 Å². The number of hydrogen-bond acceptors (Lipinski definition) is 5. The normalized spacial score (nSPS) is 20.8. The molecule has 2 aromatic rings. The maximum atomic E-state index is 12.7. The predicted molar refractivity (Wildman–Crippen MR) is 103 cm³/mol. The first-order valence-electron chi connectivity index (χ1n) is 9.65. The quantitative estimate of drug-likeness (QED) is 0.809. The van der Waals surface area contributed by atoms with Crippen LogP contribution in [0.5, 0.6) is 0 Å². The van der Waals surface area contributed by atoms with Crippen LogP contribution in [0.2, 0.25) is 0 Å². The van der Waals surface area contributed by atoms with Gasteiger partial charge in [0.1, 0.15) is 5.69 Å². The van der Waals surface area contributed by atoms with Crippen LogP contribution in [0.3, 0.4) is 0 Å². The Morgan fingerprint density at radius 3 is 2.89 bits per heavy atom. The van der Waals surface area contributed by atoms with E-state index in [-0.39, 0.29) is 17.9 Å². The highest BCUT2D eigenvalue weighted by Crippen LogP contribution is 2.17. The summed E-state index contributed by atoms with van der Waals surface area (Å²) in [5.74, 6) is 0.103. The molecule has 0 radical (unpaired) electrons. The van der Waals surface area contributed by atoms with Gasteiger partial charge < -0.3 is 10.4 Å². The van der Waals surface area contributed by atoms with Gasteiger partial charge in [0.15, 0.2) is 0 Å². The molecule has 2 atom stereocenters. The average molecular weight is 371 g/mol. The average Bonchev–Trinajstić information content (AvgIpc) is 3.10. The van der Waals surface area contributed by atoms with E-state index in [9.17, 15) is 9.90 Å². The summed E-state index contributed by atoms with van der Waals surface area (Å²) >= 11 is 0. The molecule has 2 N–H and O–H groups in total. The van der Waals surface area contributed by atoms with E-state index < -0.39 is 6.10 Å². The fourth-order valence-electron chi connectivity index (χ4n) is 3.44. The minimum absolute atomic E-state index is 0.166. The number of aromatic nitrogens is 3. The van der Waals surface area contributed by atoms with Gasteiger partial charge in [-0.15, -0.1) is 0 Å². The molecule has 0 aromatic carbocycles. The summed E-state index contributed by atoms with van der Waals surface area (Å²) in [6, 6.07) is 5.56. The van der Waals surface area contributed by atoms with E-state index in [1.165, 1.54) is 0 Å². The van der Waals surface area contributed by atoms with Crippen LogP contribution in [-0.2, 0) is 13.1 Å². The van der Waals surface area contributed by atoms with Gasteiger partial charge >= 0.3 is 0 Å². The highest BCUT2D eigenvalue weighted by molar-refractivity contribution is 5.93. The molecule has 0 aliphatic carbocycles. The van der Waals surface area contributed by atoms with Crippen LogP contribution >= 0.6 is 0 Å². The van der Waals surface area contributed by atoms with Gasteiger partial charge in [0.2, 0.25) is 0 Å². The molecule has 27 heavy (non-hydrogen) atoms. The lowest BCUT2D eigenvalue weighted by Crippen LogP contribution is -2.54. The lowest BCUT2D eigenvalue weighted by atomic mass is 10.0. The fraction of sp³-hybridized carbons (Fsp3) is 0.550. The maximum absolute atomic E-state index is 12.7. The van der Waals surface area contributed by atoms with Crippen LogP contribution < -0.4 is 5.32 Å². The van der Waals surface area contributed by atoms with E-state index in [2.05, 4.69) is 34.1 Å². The topological polar surface area (TPSA) is 83.3 Å². The summed E-state index contributed by atoms with van der Waals surface area (Å²) < 4.78 is 1.73. The van der Waals surface area contributed by atoms with Gasteiger partial charge in [-0.1, -0.05) is 19.9 Å². The van der Waals surface area contributed by atoms with Crippen LogP contribution in [0.1, 0.15) is 54.9 Å². The Hall–Kier alpha value is -2.25. The molecule has 0 spiro atoms. The molecule has 1 fully saturated rings. The molecule has 7 nitrogen and oxygen atoms in total. The number of piperidine rings is 1. The highest BCUT2D eigenvalue weighted by Gasteiger charge is 2.30. The van der Waals surface area contributed by atoms with E-state index in [1.807, 2.05) is 31.3 Å². The lowest BCUT2D eigenvalue weighted by Gasteiger charge is -2.36. The maximum Gasteiger partial charge on any atom is 0.269 e. The van der Waals surface area contributed by atoms with Crippen molar-refractivity contribution in [3.63, 3.8) is 0 Å². The summed E-state index contributed by atoms with van der Waals surface area (Å²) in [5, 5.41) is 18.0. The summed E-state index contributed by atoms with van der Waals surface area (Å²) in [4.78, 5) is 19.1. The number of nitrogens with one attached hydrogen (secondary N) is 1. The van der Waals surface area contributed by atoms with Crippen molar-refractivity contribution in [3.05, 3.63) is 47.5 Å². The Labute approximate surface area is 160 Å². The molecule has 7 heteroatoms. The Morgan fingerprint density at radius 2 is 2.26 bits per heavy atom. The zero-order valence-corrected chi connectivity index (χ0v) is 16.3. The zero-order valence-electron chi connectivity index (χ0n) is 16.3. The molecule has 2 aromatic heterocycles. The molecular formula is C20H29N5O2. The Bertz CT molecular complexity index is 759. The van der Waals surface area contributed by atoms with E-state index in [0.717, 1.165) is 24.3 Å². The molecule has 1 saturated heterocycles. The van der Waals surface area contributed by atoms with E-state index in [4.69, 9.17) is 0 Å². The molecule has 0 saturated carbocycles. The van der Waals surface area contributed by atoms with Crippen LogP contribution in [0.25, 0.3) is 0 Å². The molecule has 3 heterocycles. The van der Waals surface area contributed by atoms with Gasteiger partial charge in [0.05, 0.1) is 17.8 Å². The third-order valence-electron chi connectivity index (χ3n) is 5.03. The molecule has 1 aliphatic heterocycles. The van der Waals surface area contributed by atoms with E-state index >= 15 is 0 Å². The van der Waals surface area contributed by atoms with Gasteiger partial charge in [0.25, 0.3) is 5.91 Å². The van der Waals surface area contributed by atoms with Crippen molar-refractivity contribution in [2.75, 3.05) is 13.1 Å². The Morgan fingerprint density at radius 1 is 1.44 bits per heavy atom. The third-order valence-corrected chi connectivity index (χ3v) is 5.03. The summed E-state index contributed by atoms with van der Waals surface area (Å²) in [7, 11) is 0. The largest absolute Gasteiger partial charge is 0.390 e. The van der Waals surface area contributed by atoms with E-state index in [1.54, 1.807) is 10.9 Å². The van der Waals surface area contributed by atoms with Gasteiger partial charge in [-0.25, -0.2) is 0 Å². The number of likely N-dealkylation sites (tertiary alicyclic amines) is 1. The summed E-state index contributed by atoms with van der Waals surface area (Å²) in [6.45, 7) is 8.84. The van der Waals surface area contributed by atoms with Crippen molar-refractivity contribution in [1.82, 2.24) is 25.0 Å². The number of pyridine rings is 1. The highest BCUT2D eigenvalue weighted by atomic mass is 16.3. The van der Waals surface area contributed by atoms with Crippen molar-refractivity contribution in [2.24, 2.45) is 0 Å². The van der Waals surface area contributed by atoms with E-state index in [0.29, 0.717) is 25.2 Å². The molecule has 3 rings (SSSR count). The number of nitrogens with zero attached hydrogens (tertiary/aromatic N) is 4. The second kappa shape index (κ2) is 8.63. The standard InChI is InChI=1S/C20H29N5O2/c1-4-25-18(10-17(23-25)14(2)3)20(27)22-16-7-9-24(13-19(16)26)12-15-6-5-8-21-11-15/h5-6,8,10-11,14,16,19,26H,4,7,9,12-13H2,1-3H3,(H,22,27)/t16-,19-/m1/s1. The van der Waals surface area contributed by atoms with Crippen LogP contribution in [0, 0.1) is 0 Å². The Balaban J connectivity index is 1.59. The number of carbonyl (C=O) groups excluding carboxylic acids is 1. The minimum atomic E-state index is -0.595. The van der Waals surface area contributed by atoms with Crippen LogP contribution in [0.15, 0.2) is 30.6 Å².